The highest BCUT2D eigenvalue weighted by Crippen LogP contribution is 2.44. The van der Waals surface area contributed by atoms with Gasteiger partial charge in [0.2, 0.25) is 0 Å². The Kier molecular flexibility index (Phi) is 7.19. The Labute approximate surface area is 261 Å². The Balaban J connectivity index is 1.30. The largest absolute Gasteiger partial charge is 0.478 e. The summed E-state index contributed by atoms with van der Waals surface area (Å²) < 4.78 is 18.0. The highest BCUT2D eigenvalue weighted by Gasteiger charge is 2.34. The van der Waals surface area contributed by atoms with E-state index in [2.05, 4.69) is 135 Å². The van der Waals surface area contributed by atoms with E-state index in [4.69, 9.17) is 14.2 Å². The van der Waals surface area contributed by atoms with Crippen LogP contribution in [0.3, 0.4) is 0 Å². The molecule has 0 saturated heterocycles. The van der Waals surface area contributed by atoms with Gasteiger partial charge in [0.1, 0.15) is 37.4 Å². The van der Waals surface area contributed by atoms with Crippen LogP contribution in [0.2, 0.25) is 0 Å². The van der Waals surface area contributed by atoms with Crippen LogP contribution >= 0.6 is 0 Å². The molecular weight excluding hydrogens is 546 g/mol. The predicted molar refractivity (Wildman–Crippen MR) is 174 cm³/mol. The molecular formula is C38H43N3O3. The third-order valence-electron chi connectivity index (χ3n) is 9.88. The minimum absolute atomic E-state index is 0.165. The maximum Gasteiger partial charge on any atom is 0.142 e. The first-order chi connectivity index (χ1) is 21.1. The highest BCUT2D eigenvalue weighted by atomic mass is 16.5. The molecule has 3 aliphatic rings. The molecule has 44 heavy (non-hydrogen) atoms. The smallest absolute Gasteiger partial charge is 0.142 e. The summed E-state index contributed by atoms with van der Waals surface area (Å²) in [4.78, 5) is 6.61. The fraction of sp³-hybridized carbons (Fsp3) is 0.368. The van der Waals surface area contributed by atoms with Crippen LogP contribution in [0.15, 0.2) is 78.9 Å². The Morgan fingerprint density at radius 3 is 1.23 bits per heavy atom. The molecule has 3 aliphatic heterocycles. The van der Waals surface area contributed by atoms with Crippen molar-refractivity contribution in [3.63, 3.8) is 0 Å². The van der Waals surface area contributed by atoms with Gasteiger partial charge in [-0.15, -0.1) is 0 Å². The van der Waals surface area contributed by atoms with Gasteiger partial charge in [0.05, 0.1) is 0 Å². The van der Waals surface area contributed by atoms with Gasteiger partial charge < -0.3 is 14.2 Å². The van der Waals surface area contributed by atoms with E-state index >= 15 is 0 Å². The van der Waals surface area contributed by atoms with Crippen LogP contribution in [0.1, 0.15) is 65.3 Å². The lowest BCUT2D eigenvalue weighted by molar-refractivity contribution is 0.121. The molecule has 0 unspecified atom stereocenters. The van der Waals surface area contributed by atoms with Crippen molar-refractivity contribution in [2.24, 2.45) is 0 Å². The van der Waals surface area contributed by atoms with Gasteiger partial charge in [-0.25, -0.2) is 0 Å². The second-order valence-electron chi connectivity index (χ2n) is 13.7. The van der Waals surface area contributed by atoms with Crippen LogP contribution < -0.4 is 14.2 Å². The summed E-state index contributed by atoms with van der Waals surface area (Å²) in [7, 11) is 6.30. The lowest BCUT2D eigenvalue weighted by Gasteiger charge is -2.36. The molecule has 228 valence electrons. The molecule has 0 bridgehead atoms. The number of fused-ring (bicyclic) bond motifs is 3. The van der Waals surface area contributed by atoms with Crippen molar-refractivity contribution in [2.45, 2.75) is 51.2 Å². The van der Waals surface area contributed by atoms with Crippen molar-refractivity contribution < 1.29 is 14.2 Å². The Hall–Kier alpha value is -3.84. The van der Waals surface area contributed by atoms with E-state index < -0.39 is 0 Å². The fourth-order valence-corrected chi connectivity index (χ4v) is 6.98. The molecule has 0 N–H and O–H groups in total. The summed E-state index contributed by atoms with van der Waals surface area (Å²) in [5.41, 5.74) is 9.50. The highest BCUT2D eigenvalue weighted by molar-refractivity contribution is 5.56. The van der Waals surface area contributed by atoms with Gasteiger partial charge in [0, 0.05) is 47.2 Å². The molecule has 0 atom stereocenters. The van der Waals surface area contributed by atoms with Gasteiger partial charge >= 0.3 is 0 Å². The normalized spacial score (nSPS) is 17.5. The molecule has 6 nitrogen and oxygen atoms in total. The van der Waals surface area contributed by atoms with Crippen molar-refractivity contribution in [1.29, 1.82) is 0 Å². The van der Waals surface area contributed by atoms with Crippen LogP contribution in [-0.4, -0.2) is 56.0 Å². The number of hydrogen-bond donors (Lipinski definition) is 0. The molecule has 4 aromatic rings. The van der Waals surface area contributed by atoms with Gasteiger partial charge in [-0.05, 0) is 92.3 Å². The maximum atomic E-state index is 6.03. The number of rotatable bonds is 5. The predicted octanol–water partition coefficient (Wildman–Crippen LogP) is 6.71. The summed E-state index contributed by atoms with van der Waals surface area (Å²) >= 11 is 0. The van der Waals surface area contributed by atoms with E-state index in [0.29, 0.717) is 20.2 Å². The Morgan fingerprint density at radius 1 is 0.455 bits per heavy atom. The van der Waals surface area contributed by atoms with Crippen molar-refractivity contribution in [2.75, 3.05) is 41.3 Å². The van der Waals surface area contributed by atoms with E-state index in [9.17, 15) is 0 Å². The van der Waals surface area contributed by atoms with E-state index in [-0.39, 0.29) is 10.8 Å². The first-order valence-electron chi connectivity index (χ1n) is 15.6. The zero-order valence-electron chi connectivity index (χ0n) is 26.8. The summed E-state index contributed by atoms with van der Waals surface area (Å²) in [5, 5.41) is 0. The minimum Gasteiger partial charge on any atom is -0.478 e. The van der Waals surface area contributed by atoms with E-state index in [0.717, 1.165) is 36.9 Å². The third kappa shape index (κ3) is 5.05. The van der Waals surface area contributed by atoms with E-state index in [1.165, 1.54) is 44.5 Å². The molecule has 0 amide bonds. The van der Waals surface area contributed by atoms with Crippen LogP contribution in [-0.2, 0) is 30.5 Å². The van der Waals surface area contributed by atoms with Gasteiger partial charge in [0.25, 0.3) is 0 Å². The lowest BCUT2D eigenvalue weighted by Crippen LogP contribution is -2.31. The topological polar surface area (TPSA) is 37.4 Å². The molecule has 3 heterocycles. The summed E-state index contributed by atoms with van der Waals surface area (Å²) in [5.74, 6) is 2.96. The van der Waals surface area contributed by atoms with Crippen LogP contribution in [0.25, 0.3) is 0 Å². The first kappa shape index (κ1) is 28.9. The molecule has 0 spiro atoms. The molecule has 0 radical (unpaired) electrons. The quantitative estimate of drug-likeness (QED) is 0.241. The second kappa shape index (κ2) is 11.0. The van der Waals surface area contributed by atoms with Crippen molar-refractivity contribution in [3.05, 3.63) is 123 Å². The van der Waals surface area contributed by atoms with Crippen molar-refractivity contribution in [1.82, 2.24) is 14.7 Å². The Bertz CT molecular complexity index is 1630. The second-order valence-corrected chi connectivity index (χ2v) is 13.7. The average Bonchev–Trinajstić information content (AvgIpc) is 3.03. The van der Waals surface area contributed by atoms with E-state index in [1.54, 1.807) is 0 Å². The molecule has 6 heteroatoms. The zero-order chi connectivity index (χ0) is 30.6. The molecule has 0 aliphatic carbocycles. The molecule has 0 fully saturated rings. The molecule has 0 aromatic heterocycles. The fourth-order valence-electron chi connectivity index (χ4n) is 6.98. The van der Waals surface area contributed by atoms with E-state index in [1.807, 2.05) is 0 Å². The number of nitrogens with zero attached hydrogens (tertiary/aromatic N) is 3. The zero-order valence-corrected chi connectivity index (χ0v) is 26.8. The monoisotopic (exact) mass is 589 g/mol. The van der Waals surface area contributed by atoms with Gasteiger partial charge in [-0.1, -0.05) is 56.3 Å². The standard InChI is InChI=1S/C38H43N3O3/c1-37(2,31-11-14-34-26(17-31)20-39(4)23-42-34)29-7-9-30(10-8-29)38(3,32-12-15-35-27(18-32)21-40(5)24-43-35)33-13-16-36-28(19-33)22-41(6)25-44-36/h7-19H,20-25H2,1-6H3. The first-order valence-corrected chi connectivity index (χ1v) is 15.6. The average molecular weight is 590 g/mol. The molecule has 4 aromatic carbocycles. The van der Waals surface area contributed by atoms with Crippen LogP contribution in [0, 0.1) is 0 Å². The number of hydrogen-bond acceptors (Lipinski definition) is 6. The molecule has 0 saturated carbocycles. The summed E-state index contributed by atoms with van der Waals surface area (Å²) in [6, 6.07) is 29.5. The van der Waals surface area contributed by atoms with Crippen LogP contribution in [0.5, 0.6) is 17.2 Å². The number of ether oxygens (including phenoxy) is 3. The van der Waals surface area contributed by atoms with Gasteiger partial charge in [0.15, 0.2) is 0 Å². The van der Waals surface area contributed by atoms with Crippen LogP contribution in [0.4, 0.5) is 0 Å². The third-order valence-corrected chi connectivity index (χ3v) is 9.88. The van der Waals surface area contributed by atoms with Crippen molar-refractivity contribution >= 4 is 0 Å². The summed E-state index contributed by atoms with van der Waals surface area (Å²) in [6.07, 6.45) is 0. The maximum absolute atomic E-state index is 6.03. The van der Waals surface area contributed by atoms with Gasteiger partial charge in [-0.3, -0.25) is 14.7 Å². The Morgan fingerprint density at radius 2 is 0.795 bits per heavy atom. The number of benzene rings is 4. The van der Waals surface area contributed by atoms with Crippen molar-refractivity contribution in [3.8, 4) is 17.2 Å². The molecule has 7 rings (SSSR count). The minimum atomic E-state index is -0.382. The van der Waals surface area contributed by atoms with Gasteiger partial charge in [-0.2, -0.15) is 0 Å². The lowest BCUT2D eigenvalue weighted by atomic mass is 9.69. The SMILES string of the molecule is CN1COc2ccc(C(C)(C)c3ccc(C(C)(c4ccc5c(c4)CN(C)CO5)c4ccc5c(c4)CN(C)CO5)cc3)cc2C1. The summed E-state index contributed by atoms with van der Waals surface area (Å²) in [6.45, 7) is 11.5.